The molecule has 1 aliphatic heterocycles. The van der Waals surface area contributed by atoms with Crippen molar-refractivity contribution in [3.63, 3.8) is 0 Å². The van der Waals surface area contributed by atoms with Crippen LogP contribution in [0.2, 0.25) is 0 Å². The summed E-state index contributed by atoms with van der Waals surface area (Å²) in [5.74, 6) is -1.65. The number of nitrogens with one attached hydrogen (secondary N) is 1. The van der Waals surface area contributed by atoms with Crippen molar-refractivity contribution < 1.29 is 19.2 Å². The van der Waals surface area contributed by atoms with Crippen LogP contribution in [-0.2, 0) is 14.4 Å². The van der Waals surface area contributed by atoms with E-state index < -0.39 is 36.3 Å². The van der Waals surface area contributed by atoms with Gasteiger partial charge in [-0.25, -0.2) is 9.69 Å². The van der Waals surface area contributed by atoms with Crippen LogP contribution >= 0.6 is 11.8 Å². The minimum atomic E-state index is -0.956. The summed E-state index contributed by atoms with van der Waals surface area (Å²) in [6.07, 6.45) is 0. The van der Waals surface area contributed by atoms with Crippen LogP contribution in [0.15, 0.2) is 35.2 Å². The van der Waals surface area contributed by atoms with E-state index in [4.69, 9.17) is 0 Å². The molecule has 5 amide bonds. The summed E-state index contributed by atoms with van der Waals surface area (Å²) < 4.78 is 0. The molecule has 1 N–H and O–H groups in total. The Kier molecular flexibility index (Phi) is 5.97. The molecule has 0 saturated carbocycles. The Morgan fingerprint density at radius 2 is 1.79 bits per heavy atom. The second-order valence-corrected chi connectivity index (χ2v) is 6.62. The van der Waals surface area contributed by atoms with E-state index in [0.29, 0.717) is 17.2 Å². The average molecular weight is 349 g/mol. The van der Waals surface area contributed by atoms with E-state index >= 15 is 0 Å². The zero-order valence-electron chi connectivity index (χ0n) is 13.5. The Morgan fingerprint density at radius 1 is 1.12 bits per heavy atom. The van der Waals surface area contributed by atoms with Gasteiger partial charge in [0.1, 0.15) is 6.54 Å². The first-order chi connectivity index (χ1) is 11.4. The molecule has 0 aromatic heterocycles. The van der Waals surface area contributed by atoms with Gasteiger partial charge >= 0.3 is 17.8 Å². The van der Waals surface area contributed by atoms with Crippen molar-refractivity contribution in [3.05, 3.63) is 30.3 Å². The van der Waals surface area contributed by atoms with Crippen LogP contribution in [-0.4, -0.2) is 58.4 Å². The average Bonchev–Trinajstić information content (AvgIpc) is 2.76. The van der Waals surface area contributed by atoms with Gasteiger partial charge in [0, 0.05) is 23.2 Å². The zero-order chi connectivity index (χ0) is 17.7. The number of hydrogen-bond acceptors (Lipinski definition) is 5. The minimum absolute atomic E-state index is 0.399. The molecule has 1 aliphatic rings. The standard InChI is InChI=1S/C16H19N3O4S/c1-11(2)19-15(22)14(21)18(16(19)23)10-13(20)17-8-9-24-12-6-4-3-5-7-12/h3-7,11H,8-10H2,1-2H3,(H,17,20). The molecular weight excluding hydrogens is 330 g/mol. The number of imide groups is 2. The number of hydrogen-bond donors (Lipinski definition) is 1. The number of carbonyl (C=O) groups is 4. The van der Waals surface area contributed by atoms with Crippen LogP contribution in [0.3, 0.4) is 0 Å². The van der Waals surface area contributed by atoms with Gasteiger partial charge in [-0.05, 0) is 26.0 Å². The van der Waals surface area contributed by atoms with Gasteiger partial charge < -0.3 is 5.32 Å². The molecule has 0 radical (unpaired) electrons. The van der Waals surface area contributed by atoms with Gasteiger partial charge in [0.2, 0.25) is 5.91 Å². The van der Waals surface area contributed by atoms with Crippen molar-refractivity contribution in [1.29, 1.82) is 0 Å². The topological polar surface area (TPSA) is 86.8 Å². The van der Waals surface area contributed by atoms with Crippen molar-refractivity contribution in [3.8, 4) is 0 Å². The Labute approximate surface area is 144 Å². The predicted molar refractivity (Wildman–Crippen MR) is 89.3 cm³/mol. The molecule has 0 atom stereocenters. The summed E-state index contributed by atoms with van der Waals surface area (Å²) in [7, 11) is 0. The molecule has 0 spiro atoms. The van der Waals surface area contributed by atoms with Gasteiger partial charge in [-0.15, -0.1) is 11.8 Å². The van der Waals surface area contributed by atoms with Gasteiger partial charge in [0.15, 0.2) is 0 Å². The fourth-order valence-corrected chi connectivity index (χ4v) is 2.98. The first-order valence-electron chi connectivity index (χ1n) is 7.55. The maximum Gasteiger partial charge on any atom is 0.334 e. The molecule has 1 fully saturated rings. The summed E-state index contributed by atoms with van der Waals surface area (Å²) in [6.45, 7) is 3.22. The van der Waals surface area contributed by atoms with E-state index in [0.717, 1.165) is 9.80 Å². The number of nitrogens with zero attached hydrogens (tertiary/aromatic N) is 2. The number of benzene rings is 1. The smallest absolute Gasteiger partial charge is 0.334 e. The molecular formula is C16H19N3O4S. The molecule has 128 valence electrons. The largest absolute Gasteiger partial charge is 0.354 e. The lowest BCUT2D eigenvalue weighted by atomic mass is 10.3. The Bertz CT molecular complexity index is 648. The van der Waals surface area contributed by atoms with Crippen molar-refractivity contribution in [2.45, 2.75) is 24.8 Å². The first-order valence-corrected chi connectivity index (χ1v) is 8.54. The van der Waals surface area contributed by atoms with E-state index in [9.17, 15) is 19.2 Å². The molecule has 24 heavy (non-hydrogen) atoms. The monoisotopic (exact) mass is 349 g/mol. The summed E-state index contributed by atoms with van der Waals surface area (Å²) in [5, 5.41) is 2.64. The van der Waals surface area contributed by atoms with E-state index in [2.05, 4.69) is 5.32 Å². The molecule has 1 heterocycles. The number of rotatable bonds is 7. The van der Waals surface area contributed by atoms with E-state index in [1.165, 1.54) is 0 Å². The highest BCUT2D eigenvalue weighted by molar-refractivity contribution is 7.99. The van der Waals surface area contributed by atoms with Crippen molar-refractivity contribution in [2.24, 2.45) is 0 Å². The third kappa shape index (κ3) is 4.14. The highest BCUT2D eigenvalue weighted by Gasteiger charge is 2.46. The van der Waals surface area contributed by atoms with Crippen LogP contribution in [0.5, 0.6) is 0 Å². The van der Waals surface area contributed by atoms with Gasteiger partial charge in [-0.1, -0.05) is 18.2 Å². The SMILES string of the molecule is CC(C)N1C(=O)C(=O)N(CC(=O)NCCSc2ccccc2)C1=O. The lowest BCUT2D eigenvalue weighted by Crippen LogP contribution is -2.42. The third-order valence-electron chi connectivity index (χ3n) is 3.34. The Morgan fingerprint density at radius 3 is 2.38 bits per heavy atom. The fourth-order valence-electron chi connectivity index (χ4n) is 2.19. The number of urea groups is 1. The molecule has 2 rings (SSSR count). The lowest BCUT2D eigenvalue weighted by Gasteiger charge is -2.18. The first kappa shape index (κ1) is 18.0. The van der Waals surface area contributed by atoms with E-state index in [1.807, 2.05) is 30.3 Å². The number of thioether (sulfide) groups is 1. The van der Waals surface area contributed by atoms with Crippen LogP contribution < -0.4 is 5.32 Å². The van der Waals surface area contributed by atoms with E-state index in [-0.39, 0.29) is 0 Å². The molecule has 8 heteroatoms. The van der Waals surface area contributed by atoms with Crippen LogP contribution in [0.1, 0.15) is 13.8 Å². The minimum Gasteiger partial charge on any atom is -0.354 e. The molecule has 0 unspecified atom stereocenters. The summed E-state index contributed by atoms with van der Waals surface area (Å²) in [5.41, 5.74) is 0. The molecule has 0 bridgehead atoms. The predicted octanol–water partition coefficient (Wildman–Crippen LogP) is 1.09. The summed E-state index contributed by atoms with van der Waals surface area (Å²) in [4.78, 5) is 50.1. The van der Waals surface area contributed by atoms with Gasteiger partial charge in [0.05, 0.1) is 0 Å². The molecule has 1 aromatic carbocycles. The van der Waals surface area contributed by atoms with Crippen LogP contribution in [0.4, 0.5) is 4.79 Å². The summed E-state index contributed by atoms with van der Waals surface area (Å²) in [6, 6.07) is 8.57. The van der Waals surface area contributed by atoms with Crippen LogP contribution in [0.25, 0.3) is 0 Å². The third-order valence-corrected chi connectivity index (χ3v) is 4.35. The Hall–Kier alpha value is -2.35. The zero-order valence-corrected chi connectivity index (χ0v) is 14.3. The summed E-state index contributed by atoms with van der Waals surface area (Å²) >= 11 is 1.59. The quantitative estimate of drug-likeness (QED) is 0.345. The van der Waals surface area contributed by atoms with Gasteiger partial charge in [-0.3, -0.25) is 19.3 Å². The van der Waals surface area contributed by atoms with Crippen molar-refractivity contribution >= 4 is 35.5 Å². The number of amides is 5. The maximum atomic E-state index is 12.0. The second kappa shape index (κ2) is 7.96. The maximum absolute atomic E-state index is 12.0. The van der Waals surface area contributed by atoms with Crippen molar-refractivity contribution in [2.75, 3.05) is 18.8 Å². The van der Waals surface area contributed by atoms with Crippen molar-refractivity contribution in [1.82, 2.24) is 15.1 Å². The molecule has 1 aromatic rings. The Balaban J connectivity index is 1.79. The normalized spacial score (nSPS) is 14.7. The molecule has 7 nitrogen and oxygen atoms in total. The van der Waals surface area contributed by atoms with Crippen LogP contribution in [0, 0.1) is 0 Å². The lowest BCUT2D eigenvalue weighted by molar-refractivity contribution is -0.144. The number of carbonyl (C=O) groups excluding carboxylic acids is 4. The highest BCUT2D eigenvalue weighted by atomic mass is 32.2. The highest BCUT2D eigenvalue weighted by Crippen LogP contribution is 2.16. The fraction of sp³-hybridized carbons (Fsp3) is 0.375. The van der Waals surface area contributed by atoms with E-state index in [1.54, 1.807) is 25.6 Å². The molecule has 0 aliphatic carbocycles. The molecule has 1 saturated heterocycles. The van der Waals surface area contributed by atoms with Gasteiger partial charge in [-0.2, -0.15) is 0 Å². The van der Waals surface area contributed by atoms with Gasteiger partial charge in [0.25, 0.3) is 0 Å². The second-order valence-electron chi connectivity index (χ2n) is 5.45.